The van der Waals surface area contributed by atoms with Crippen LogP contribution in [0.4, 0.5) is 0 Å². The largest absolute Gasteiger partial charge is 0.291 e. The number of fused-ring (bicyclic) bond motifs is 2. The fraction of sp³-hybridized carbons (Fsp3) is 0.286. The summed E-state index contributed by atoms with van der Waals surface area (Å²) in [7, 11) is 0. The Morgan fingerprint density at radius 1 is 1.26 bits per heavy atom. The highest BCUT2D eigenvalue weighted by molar-refractivity contribution is 7.16. The van der Waals surface area contributed by atoms with Gasteiger partial charge < -0.3 is 0 Å². The van der Waals surface area contributed by atoms with Gasteiger partial charge in [-0.2, -0.15) is 0 Å². The summed E-state index contributed by atoms with van der Waals surface area (Å²) in [6.07, 6.45) is 5.66. The Bertz CT molecular complexity index is 1070. The van der Waals surface area contributed by atoms with Gasteiger partial charge in [-0.25, -0.2) is 9.97 Å². The van der Waals surface area contributed by atoms with E-state index in [9.17, 15) is 0 Å². The molecule has 0 fully saturated rings. The Labute approximate surface area is 166 Å². The van der Waals surface area contributed by atoms with Crippen molar-refractivity contribution >= 4 is 32.9 Å². The Hall–Kier alpha value is -2.15. The number of hydrogen-bond donors (Lipinski definition) is 0. The van der Waals surface area contributed by atoms with Crippen LogP contribution in [-0.4, -0.2) is 26.4 Å². The predicted octanol–water partition coefficient (Wildman–Crippen LogP) is 4.86. The standard InChI is InChI=1S/C21H20N4S2/c1-14(16-4-5-19-18(10-16)23-13-26-19)25-8-6-17-20(12-25)27-21(24-17)9-15-3-2-7-22-11-15/h2-5,7,10-11,13-14H,6,8-9,12H2,1H3. The molecule has 1 aromatic carbocycles. The minimum Gasteiger partial charge on any atom is -0.291 e. The van der Waals surface area contributed by atoms with E-state index >= 15 is 0 Å². The quantitative estimate of drug-likeness (QED) is 0.497. The molecule has 5 rings (SSSR count). The maximum atomic E-state index is 4.90. The van der Waals surface area contributed by atoms with Crippen LogP contribution in [0.1, 0.15) is 39.7 Å². The molecule has 0 amide bonds. The van der Waals surface area contributed by atoms with Gasteiger partial charge in [0, 0.05) is 49.2 Å². The average molecular weight is 393 g/mol. The minimum absolute atomic E-state index is 0.383. The van der Waals surface area contributed by atoms with Crippen LogP contribution in [0.5, 0.6) is 0 Å². The zero-order valence-corrected chi connectivity index (χ0v) is 16.8. The van der Waals surface area contributed by atoms with Crippen molar-refractivity contribution in [3.8, 4) is 0 Å². The molecule has 1 aliphatic heterocycles. The third kappa shape index (κ3) is 3.40. The van der Waals surface area contributed by atoms with Crippen molar-refractivity contribution in [1.29, 1.82) is 0 Å². The smallest absolute Gasteiger partial charge is 0.0976 e. The van der Waals surface area contributed by atoms with Crippen LogP contribution >= 0.6 is 22.7 Å². The highest BCUT2D eigenvalue weighted by atomic mass is 32.1. The Kier molecular flexibility index (Phi) is 4.47. The van der Waals surface area contributed by atoms with Gasteiger partial charge in [-0.3, -0.25) is 9.88 Å². The molecule has 136 valence electrons. The van der Waals surface area contributed by atoms with Gasteiger partial charge in [0.05, 0.1) is 26.4 Å². The van der Waals surface area contributed by atoms with Crippen LogP contribution in [0.25, 0.3) is 10.2 Å². The van der Waals surface area contributed by atoms with E-state index in [1.165, 1.54) is 31.4 Å². The molecule has 0 spiro atoms. The van der Waals surface area contributed by atoms with Crippen molar-refractivity contribution in [3.63, 3.8) is 0 Å². The van der Waals surface area contributed by atoms with Crippen LogP contribution in [0, 0.1) is 0 Å². The second-order valence-electron chi connectivity index (χ2n) is 6.99. The second-order valence-corrected chi connectivity index (χ2v) is 9.05. The van der Waals surface area contributed by atoms with Crippen molar-refractivity contribution in [3.05, 3.63) is 74.9 Å². The lowest BCUT2D eigenvalue weighted by atomic mass is 10.0. The average Bonchev–Trinajstić information content (AvgIpc) is 3.33. The van der Waals surface area contributed by atoms with Gasteiger partial charge >= 0.3 is 0 Å². The van der Waals surface area contributed by atoms with Crippen molar-refractivity contribution in [2.24, 2.45) is 0 Å². The molecule has 6 heteroatoms. The van der Waals surface area contributed by atoms with Gasteiger partial charge in [-0.1, -0.05) is 12.1 Å². The topological polar surface area (TPSA) is 41.9 Å². The molecule has 3 aromatic heterocycles. The lowest BCUT2D eigenvalue weighted by Crippen LogP contribution is -2.32. The minimum atomic E-state index is 0.383. The van der Waals surface area contributed by atoms with Gasteiger partial charge in [0.15, 0.2) is 0 Å². The van der Waals surface area contributed by atoms with Crippen LogP contribution in [0.2, 0.25) is 0 Å². The summed E-state index contributed by atoms with van der Waals surface area (Å²) in [4.78, 5) is 17.6. The third-order valence-corrected chi connectivity index (χ3v) is 7.16. The summed E-state index contributed by atoms with van der Waals surface area (Å²) in [5, 5.41) is 1.20. The SMILES string of the molecule is CC(c1ccc2scnc2c1)N1CCc2nc(Cc3cccnc3)sc2C1. The number of rotatable bonds is 4. The van der Waals surface area contributed by atoms with Crippen molar-refractivity contribution in [1.82, 2.24) is 19.9 Å². The first-order chi connectivity index (χ1) is 13.3. The zero-order valence-electron chi connectivity index (χ0n) is 15.1. The normalized spacial score (nSPS) is 15.7. The lowest BCUT2D eigenvalue weighted by Gasteiger charge is -2.32. The predicted molar refractivity (Wildman–Crippen MR) is 111 cm³/mol. The summed E-state index contributed by atoms with van der Waals surface area (Å²) in [6.45, 7) is 4.34. The maximum Gasteiger partial charge on any atom is 0.0976 e. The van der Waals surface area contributed by atoms with E-state index in [1.54, 1.807) is 11.3 Å². The molecule has 4 heterocycles. The summed E-state index contributed by atoms with van der Waals surface area (Å²) in [6, 6.07) is 11.2. The molecule has 0 saturated heterocycles. The highest BCUT2D eigenvalue weighted by Gasteiger charge is 2.25. The van der Waals surface area contributed by atoms with Gasteiger partial charge in [0.2, 0.25) is 0 Å². The van der Waals surface area contributed by atoms with Crippen LogP contribution in [0.3, 0.4) is 0 Å². The van der Waals surface area contributed by atoms with E-state index in [4.69, 9.17) is 4.98 Å². The molecule has 0 radical (unpaired) electrons. The van der Waals surface area contributed by atoms with Crippen LogP contribution in [-0.2, 0) is 19.4 Å². The molecule has 0 aliphatic carbocycles. The number of nitrogens with zero attached hydrogens (tertiary/aromatic N) is 4. The Morgan fingerprint density at radius 2 is 2.22 bits per heavy atom. The molecule has 1 unspecified atom stereocenters. The van der Waals surface area contributed by atoms with E-state index < -0.39 is 0 Å². The Morgan fingerprint density at radius 3 is 3.11 bits per heavy atom. The van der Waals surface area contributed by atoms with Crippen molar-refractivity contribution < 1.29 is 0 Å². The van der Waals surface area contributed by atoms with Gasteiger partial charge in [-0.15, -0.1) is 22.7 Å². The fourth-order valence-corrected chi connectivity index (χ4v) is 5.53. The second kappa shape index (κ2) is 7.11. The molecule has 4 nitrogen and oxygen atoms in total. The molecule has 27 heavy (non-hydrogen) atoms. The highest BCUT2D eigenvalue weighted by Crippen LogP contribution is 2.32. The zero-order chi connectivity index (χ0) is 18.2. The fourth-order valence-electron chi connectivity index (χ4n) is 3.70. The van der Waals surface area contributed by atoms with Crippen LogP contribution < -0.4 is 0 Å². The number of thiazole rings is 2. The first kappa shape index (κ1) is 17.0. The van der Waals surface area contributed by atoms with Crippen molar-refractivity contribution in [2.45, 2.75) is 32.4 Å². The number of benzene rings is 1. The van der Waals surface area contributed by atoms with E-state index in [0.29, 0.717) is 6.04 Å². The molecule has 4 aromatic rings. The molecule has 0 bridgehead atoms. The van der Waals surface area contributed by atoms with E-state index in [1.807, 2.05) is 35.3 Å². The number of hydrogen-bond acceptors (Lipinski definition) is 6. The van der Waals surface area contributed by atoms with Gasteiger partial charge in [-0.05, 0) is 36.2 Å². The number of aromatic nitrogens is 3. The molecular weight excluding hydrogens is 372 g/mol. The van der Waals surface area contributed by atoms with E-state index in [0.717, 1.165) is 31.4 Å². The molecule has 1 atom stereocenters. The first-order valence-corrected chi connectivity index (χ1v) is 10.9. The monoisotopic (exact) mass is 392 g/mol. The molecular formula is C21H20N4S2. The Balaban J connectivity index is 1.34. The molecule has 0 N–H and O–H groups in total. The van der Waals surface area contributed by atoms with Gasteiger partial charge in [0.25, 0.3) is 0 Å². The van der Waals surface area contributed by atoms with Crippen molar-refractivity contribution in [2.75, 3.05) is 6.54 Å². The van der Waals surface area contributed by atoms with E-state index in [2.05, 4.69) is 46.1 Å². The maximum absolute atomic E-state index is 4.90. The van der Waals surface area contributed by atoms with Gasteiger partial charge in [0.1, 0.15) is 0 Å². The summed E-state index contributed by atoms with van der Waals surface area (Å²) < 4.78 is 1.26. The summed E-state index contributed by atoms with van der Waals surface area (Å²) >= 11 is 3.56. The summed E-state index contributed by atoms with van der Waals surface area (Å²) in [5.74, 6) is 0. The van der Waals surface area contributed by atoms with Crippen LogP contribution in [0.15, 0.2) is 48.2 Å². The molecule has 0 saturated carbocycles. The first-order valence-electron chi connectivity index (χ1n) is 9.20. The van der Waals surface area contributed by atoms with E-state index in [-0.39, 0.29) is 0 Å². The third-order valence-electron chi connectivity index (χ3n) is 5.27. The summed E-state index contributed by atoms with van der Waals surface area (Å²) in [5.41, 5.74) is 6.89. The number of pyridine rings is 1. The molecule has 1 aliphatic rings. The lowest BCUT2D eigenvalue weighted by molar-refractivity contribution is 0.193.